The summed E-state index contributed by atoms with van der Waals surface area (Å²) in [6.45, 7) is 3.40. The number of rotatable bonds is 7. The molecule has 0 aliphatic carbocycles. The van der Waals surface area contributed by atoms with Crippen molar-refractivity contribution in [2.75, 3.05) is 13.2 Å². The Hall–Kier alpha value is -0.780. The van der Waals surface area contributed by atoms with Crippen LogP contribution in [0.25, 0.3) is 0 Å². The standard InChI is InChI=1S/C15H17Cl2NO2S/c1-10-5-6-21-14(10)8-18-7-11(19)9-20-15-12(16)3-2-4-13(15)17/h2-6,11,18-19H,7-9H2,1H3. The molecule has 0 saturated carbocycles. The first-order valence-corrected chi connectivity index (χ1v) is 8.20. The highest BCUT2D eigenvalue weighted by molar-refractivity contribution is 7.10. The second kappa shape index (κ2) is 8.01. The van der Waals surface area contributed by atoms with Crippen LogP contribution in [0.1, 0.15) is 10.4 Å². The fourth-order valence-corrected chi connectivity index (χ4v) is 3.18. The molecule has 2 aromatic rings. The van der Waals surface area contributed by atoms with Gasteiger partial charge in [-0.15, -0.1) is 11.3 Å². The molecular weight excluding hydrogens is 329 g/mol. The van der Waals surface area contributed by atoms with Gasteiger partial charge in [0.25, 0.3) is 0 Å². The third-order valence-electron chi connectivity index (χ3n) is 2.97. The summed E-state index contributed by atoms with van der Waals surface area (Å²) in [6.07, 6.45) is -0.627. The number of benzene rings is 1. The Morgan fingerprint density at radius 3 is 2.62 bits per heavy atom. The number of para-hydroxylation sites is 1. The Morgan fingerprint density at radius 2 is 2.00 bits per heavy atom. The third kappa shape index (κ3) is 4.87. The first-order chi connectivity index (χ1) is 10.1. The first-order valence-electron chi connectivity index (χ1n) is 6.56. The molecule has 0 fully saturated rings. The lowest BCUT2D eigenvalue weighted by atomic mass is 10.3. The highest BCUT2D eigenvalue weighted by Crippen LogP contribution is 2.32. The maximum Gasteiger partial charge on any atom is 0.156 e. The van der Waals surface area contributed by atoms with Crippen LogP contribution in [0.2, 0.25) is 10.0 Å². The lowest BCUT2D eigenvalue weighted by Gasteiger charge is -2.14. The maximum absolute atomic E-state index is 9.92. The molecule has 0 aliphatic rings. The topological polar surface area (TPSA) is 41.5 Å². The zero-order chi connectivity index (χ0) is 15.2. The number of ether oxygens (including phenoxy) is 1. The van der Waals surface area contributed by atoms with Gasteiger partial charge in [0.2, 0.25) is 0 Å². The predicted octanol–water partition coefficient (Wildman–Crippen LogP) is 3.89. The van der Waals surface area contributed by atoms with Crippen molar-refractivity contribution in [3.63, 3.8) is 0 Å². The highest BCUT2D eigenvalue weighted by Gasteiger charge is 2.10. The fraction of sp³-hybridized carbons (Fsp3) is 0.333. The van der Waals surface area contributed by atoms with Crippen molar-refractivity contribution < 1.29 is 9.84 Å². The summed E-state index contributed by atoms with van der Waals surface area (Å²) in [4.78, 5) is 1.28. The molecule has 2 N–H and O–H groups in total. The number of aliphatic hydroxyl groups excluding tert-OH is 1. The first kappa shape index (κ1) is 16.6. The molecule has 6 heteroatoms. The average molecular weight is 346 g/mol. The summed E-state index contributed by atoms with van der Waals surface area (Å²) in [5.41, 5.74) is 1.26. The fourth-order valence-electron chi connectivity index (χ4n) is 1.80. The Balaban J connectivity index is 1.75. The molecule has 2 rings (SSSR count). The maximum atomic E-state index is 9.92. The minimum absolute atomic E-state index is 0.139. The van der Waals surface area contributed by atoms with Gasteiger partial charge in [0.15, 0.2) is 5.75 Å². The lowest BCUT2D eigenvalue weighted by molar-refractivity contribution is 0.106. The largest absolute Gasteiger partial charge is 0.488 e. The Bertz CT molecular complexity index is 569. The van der Waals surface area contributed by atoms with E-state index in [-0.39, 0.29) is 6.61 Å². The van der Waals surface area contributed by atoms with E-state index >= 15 is 0 Å². The molecule has 1 aromatic heterocycles. The molecule has 0 spiro atoms. The summed E-state index contributed by atoms with van der Waals surface area (Å²) < 4.78 is 5.49. The molecule has 0 bridgehead atoms. The van der Waals surface area contributed by atoms with Gasteiger partial charge in [-0.05, 0) is 36.1 Å². The van der Waals surface area contributed by atoms with Crippen LogP contribution in [0, 0.1) is 6.92 Å². The van der Waals surface area contributed by atoms with Gasteiger partial charge in [-0.25, -0.2) is 0 Å². The number of thiophene rings is 1. The zero-order valence-corrected chi connectivity index (χ0v) is 13.9. The van der Waals surface area contributed by atoms with Gasteiger partial charge >= 0.3 is 0 Å². The van der Waals surface area contributed by atoms with Crippen molar-refractivity contribution in [2.24, 2.45) is 0 Å². The monoisotopic (exact) mass is 345 g/mol. The van der Waals surface area contributed by atoms with Crippen LogP contribution in [0.3, 0.4) is 0 Å². The van der Waals surface area contributed by atoms with Crippen molar-refractivity contribution in [1.29, 1.82) is 0 Å². The van der Waals surface area contributed by atoms with Crippen molar-refractivity contribution in [3.05, 3.63) is 50.1 Å². The van der Waals surface area contributed by atoms with E-state index in [1.54, 1.807) is 29.5 Å². The molecule has 1 heterocycles. The second-order valence-electron chi connectivity index (χ2n) is 4.67. The van der Waals surface area contributed by atoms with Crippen LogP contribution < -0.4 is 10.1 Å². The molecule has 3 nitrogen and oxygen atoms in total. The van der Waals surface area contributed by atoms with E-state index in [1.165, 1.54) is 10.4 Å². The lowest BCUT2D eigenvalue weighted by Crippen LogP contribution is -2.31. The highest BCUT2D eigenvalue weighted by atomic mass is 35.5. The van der Waals surface area contributed by atoms with Crippen LogP contribution in [-0.4, -0.2) is 24.4 Å². The van der Waals surface area contributed by atoms with E-state index in [0.717, 1.165) is 6.54 Å². The van der Waals surface area contributed by atoms with Gasteiger partial charge in [0.05, 0.1) is 10.0 Å². The van der Waals surface area contributed by atoms with Gasteiger partial charge < -0.3 is 15.2 Å². The molecule has 1 atom stereocenters. The van der Waals surface area contributed by atoms with Crippen LogP contribution in [-0.2, 0) is 6.54 Å². The van der Waals surface area contributed by atoms with Crippen LogP contribution in [0.15, 0.2) is 29.6 Å². The second-order valence-corrected chi connectivity index (χ2v) is 6.49. The minimum Gasteiger partial charge on any atom is -0.488 e. The van der Waals surface area contributed by atoms with Gasteiger partial charge in [0.1, 0.15) is 12.7 Å². The number of hydrogen-bond acceptors (Lipinski definition) is 4. The van der Waals surface area contributed by atoms with Gasteiger partial charge in [0, 0.05) is 18.0 Å². The quantitative estimate of drug-likeness (QED) is 0.799. The summed E-state index contributed by atoms with van der Waals surface area (Å²) >= 11 is 13.7. The Morgan fingerprint density at radius 1 is 1.29 bits per heavy atom. The van der Waals surface area contributed by atoms with E-state index in [1.807, 2.05) is 0 Å². The van der Waals surface area contributed by atoms with Crippen LogP contribution in [0.5, 0.6) is 5.75 Å². The molecule has 0 saturated heterocycles. The summed E-state index contributed by atoms with van der Waals surface area (Å²) in [6, 6.07) is 7.24. The number of aryl methyl sites for hydroxylation is 1. The molecular formula is C15H17Cl2NO2S. The van der Waals surface area contributed by atoms with E-state index in [2.05, 4.69) is 23.7 Å². The normalized spacial score (nSPS) is 12.4. The minimum atomic E-state index is -0.627. The van der Waals surface area contributed by atoms with Crippen LogP contribution >= 0.6 is 34.5 Å². The van der Waals surface area contributed by atoms with Gasteiger partial charge in [-0.2, -0.15) is 0 Å². The zero-order valence-electron chi connectivity index (χ0n) is 11.6. The molecule has 0 amide bonds. The van der Waals surface area contributed by atoms with Crippen molar-refractivity contribution in [1.82, 2.24) is 5.32 Å². The average Bonchev–Trinajstić information content (AvgIpc) is 2.84. The van der Waals surface area contributed by atoms with E-state index in [9.17, 15) is 5.11 Å². The van der Waals surface area contributed by atoms with Crippen LogP contribution in [0.4, 0.5) is 0 Å². The Labute approximate surface area is 138 Å². The number of halogens is 2. The number of nitrogens with one attached hydrogen (secondary N) is 1. The van der Waals surface area contributed by atoms with Gasteiger partial charge in [-0.1, -0.05) is 29.3 Å². The number of hydrogen-bond donors (Lipinski definition) is 2. The summed E-state index contributed by atoms with van der Waals surface area (Å²) in [5.74, 6) is 0.411. The molecule has 1 aromatic carbocycles. The SMILES string of the molecule is Cc1ccsc1CNCC(O)COc1c(Cl)cccc1Cl. The van der Waals surface area contributed by atoms with E-state index < -0.39 is 6.10 Å². The van der Waals surface area contributed by atoms with E-state index in [0.29, 0.717) is 22.3 Å². The molecule has 0 aliphatic heterocycles. The van der Waals surface area contributed by atoms with E-state index in [4.69, 9.17) is 27.9 Å². The summed E-state index contributed by atoms with van der Waals surface area (Å²) in [7, 11) is 0. The van der Waals surface area contributed by atoms with Crippen molar-refractivity contribution >= 4 is 34.5 Å². The molecule has 114 valence electrons. The summed E-state index contributed by atoms with van der Waals surface area (Å²) in [5, 5.41) is 16.1. The Kier molecular flexibility index (Phi) is 6.33. The third-order valence-corrected chi connectivity index (χ3v) is 4.59. The smallest absolute Gasteiger partial charge is 0.156 e. The molecule has 1 unspecified atom stereocenters. The molecule has 0 radical (unpaired) electrons. The van der Waals surface area contributed by atoms with Crippen molar-refractivity contribution in [2.45, 2.75) is 19.6 Å². The molecule has 21 heavy (non-hydrogen) atoms. The van der Waals surface area contributed by atoms with Crippen molar-refractivity contribution in [3.8, 4) is 5.75 Å². The number of aliphatic hydroxyl groups is 1. The predicted molar refractivity (Wildman–Crippen MR) is 88.7 cm³/mol. The van der Waals surface area contributed by atoms with Gasteiger partial charge in [-0.3, -0.25) is 0 Å².